The zero-order chi connectivity index (χ0) is 17.5. The number of nitro groups is 1. The third-order valence-corrected chi connectivity index (χ3v) is 2.79. The molecule has 0 aromatic heterocycles. The van der Waals surface area contributed by atoms with Gasteiger partial charge in [-0.25, -0.2) is 0 Å². The van der Waals surface area contributed by atoms with Gasteiger partial charge in [-0.1, -0.05) is 18.2 Å². The van der Waals surface area contributed by atoms with Crippen LogP contribution in [0, 0.1) is 26.9 Å². The van der Waals surface area contributed by atoms with Gasteiger partial charge in [-0.2, -0.15) is 10.4 Å². The van der Waals surface area contributed by atoms with Crippen LogP contribution in [0.3, 0.4) is 0 Å². The Hall–Kier alpha value is -3.93. The number of nitrogens with zero attached hydrogens (tertiary/aromatic N) is 3. The predicted molar refractivity (Wildman–Crippen MR) is 88.2 cm³/mol. The van der Waals surface area contributed by atoms with Gasteiger partial charge in [0, 0.05) is 0 Å². The SMILES string of the molecule is N#C/C(=N\Nc1ccc(Oc2ccccc2)cc1[N+](=O)[O-])C(=N)N. The van der Waals surface area contributed by atoms with Crippen LogP contribution in [0.4, 0.5) is 11.4 Å². The number of anilines is 1. The van der Waals surface area contributed by atoms with Crippen molar-refractivity contribution in [1.82, 2.24) is 0 Å². The third-order valence-electron chi connectivity index (χ3n) is 2.79. The molecule has 0 amide bonds. The van der Waals surface area contributed by atoms with Crippen molar-refractivity contribution in [2.45, 2.75) is 0 Å². The van der Waals surface area contributed by atoms with Crippen LogP contribution in [-0.2, 0) is 0 Å². The third kappa shape index (κ3) is 4.05. The minimum atomic E-state index is -0.616. The van der Waals surface area contributed by atoms with Crippen LogP contribution in [-0.4, -0.2) is 16.5 Å². The molecule has 2 rings (SSSR count). The molecule has 120 valence electrons. The Kier molecular flexibility index (Phi) is 5.05. The van der Waals surface area contributed by atoms with E-state index in [0.29, 0.717) is 5.75 Å². The summed E-state index contributed by atoms with van der Waals surface area (Å²) in [6, 6.07) is 14.5. The second-order valence-electron chi connectivity index (χ2n) is 4.45. The number of nitrogens with two attached hydrogens (primary N) is 1. The normalized spacial score (nSPS) is 10.5. The lowest BCUT2D eigenvalue weighted by Crippen LogP contribution is -2.21. The average Bonchev–Trinajstić information content (AvgIpc) is 2.57. The smallest absolute Gasteiger partial charge is 0.297 e. The van der Waals surface area contributed by atoms with Gasteiger partial charge in [-0.3, -0.25) is 20.9 Å². The minimum absolute atomic E-state index is 0.0365. The first-order valence-corrected chi connectivity index (χ1v) is 6.61. The van der Waals surface area contributed by atoms with Crippen molar-refractivity contribution in [3.05, 3.63) is 58.6 Å². The highest BCUT2D eigenvalue weighted by atomic mass is 16.6. The van der Waals surface area contributed by atoms with Gasteiger partial charge in [-0.05, 0) is 24.3 Å². The van der Waals surface area contributed by atoms with Gasteiger partial charge in [0.05, 0.1) is 11.0 Å². The van der Waals surface area contributed by atoms with Crippen LogP contribution in [0.1, 0.15) is 0 Å². The van der Waals surface area contributed by atoms with Gasteiger partial charge < -0.3 is 10.5 Å². The van der Waals surface area contributed by atoms with Gasteiger partial charge in [0.25, 0.3) is 5.69 Å². The lowest BCUT2D eigenvalue weighted by atomic mass is 10.2. The Morgan fingerprint density at radius 1 is 1.29 bits per heavy atom. The summed E-state index contributed by atoms with van der Waals surface area (Å²) in [7, 11) is 0. The molecule has 24 heavy (non-hydrogen) atoms. The molecule has 9 heteroatoms. The number of nitro benzene ring substituents is 1. The number of nitrogens with one attached hydrogen (secondary N) is 2. The summed E-state index contributed by atoms with van der Waals surface area (Å²) in [6.45, 7) is 0. The molecule has 9 nitrogen and oxygen atoms in total. The highest BCUT2D eigenvalue weighted by molar-refractivity contribution is 6.45. The van der Waals surface area contributed by atoms with Crippen LogP contribution in [0.15, 0.2) is 53.6 Å². The van der Waals surface area contributed by atoms with Gasteiger partial charge in [-0.15, -0.1) is 0 Å². The molecule has 0 aliphatic rings. The Balaban J connectivity index is 2.29. The van der Waals surface area contributed by atoms with Crippen LogP contribution < -0.4 is 15.9 Å². The first-order valence-electron chi connectivity index (χ1n) is 6.61. The number of para-hydroxylation sites is 1. The second kappa shape index (κ2) is 7.37. The summed E-state index contributed by atoms with van der Waals surface area (Å²) >= 11 is 0. The van der Waals surface area contributed by atoms with Crippen molar-refractivity contribution in [1.29, 1.82) is 10.7 Å². The number of hydrogen-bond acceptors (Lipinski definition) is 7. The Bertz CT molecular complexity index is 842. The Labute approximate surface area is 136 Å². The average molecular weight is 324 g/mol. The first kappa shape index (κ1) is 16.4. The molecule has 0 atom stereocenters. The number of benzene rings is 2. The molecule has 2 aromatic carbocycles. The highest BCUT2D eigenvalue weighted by Crippen LogP contribution is 2.31. The van der Waals surface area contributed by atoms with E-state index in [0.717, 1.165) is 0 Å². The summed E-state index contributed by atoms with van der Waals surface area (Å²) in [6.07, 6.45) is 0. The summed E-state index contributed by atoms with van der Waals surface area (Å²) in [4.78, 5) is 10.6. The van der Waals surface area contributed by atoms with E-state index in [9.17, 15) is 10.1 Å². The van der Waals surface area contributed by atoms with Crippen molar-refractivity contribution in [3.63, 3.8) is 0 Å². The molecule has 0 bridgehead atoms. The van der Waals surface area contributed by atoms with E-state index in [1.807, 2.05) is 6.07 Å². The molecule has 0 aliphatic carbocycles. The van der Waals surface area contributed by atoms with E-state index in [1.54, 1.807) is 30.3 Å². The van der Waals surface area contributed by atoms with Gasteiger partial charge in [0.15, 0.2) is 5.84 Å². The quantitative estimate of drug-likeness (QED) is 0.321. The van der Waals surface area contributed by atoms with Gasteiger partial charge in [0.1, 0.15) is 23.3 Å². The topological polar surface area (TPSA) is 150 Å². The first-order chi connectivity index (χ1) is 11.5. The molecular weight excluding hydrogens is 312 g/mol. The molecule has 0 saturated heterocycles. The molecular formula is C15H12N6O3. The maximum absolute atomic E-state index is 11.2. The zero-order valence-electron chi connectivity index (χ0n) is 12.3. The van der Waals surface area contributed by atoms with Crippen LogP contribution >= 0.6 is 0 Å². The largest absolute Gasteiger partial charge is 0.457 e. The Morgan fingerprint density at radius 2 is 2.00 bits per heavy atom. The van der Waals surface area contributed by atoms with Gasteiger partial charge >= 0.3 is 0 Å². The zero-order valence-corrected chi connectivity index (χ0v) is 12.3. The Morgan fingerprint density at radius 3 is 2.58 bits per heavy atom. The molecule has 0 radical (unpaired) electrons. The fraction of sp³-hybridized carbons (Fsp3) is 0. The van der Waals surface area contributed by atoms with E-state index in [1.165, 1.54) is 18.2 Å². The number of nitriles is 1. The van der Waals surface area contributed by atoms with E-state index in [2.05, 4.69) is 10.5 Å². The molecule has 0 aliphatic heterocycles. The summed E-state index contributed by atoms with van der Waals surface area (Å²) in [5.41, 5.74) is 6.88. The lowest BCUT2D eigenvalue weighted by molar-refractivity contribution is -0.384. The highest BCUT2D eigenvalue weighted by Gasteiger charge is 2.16. The van der Waals surface area contributed by atoms with Crippen molar-refractivity contribution in [2.24, 2.45) is 10.8 Å². The number of hydrazone groups is 1. The van der Waals surface area contributed by atoms with Gasteiger partial charge in [0.2, 0.25) is 5.71 Å². The van der Waals surface area contributed by atoms with Crippen molar-refractivity contribution < 1.29 is 9.66 Å². The standard InChI is InChI=1S/C15H12N6O3/c16-9-13(15(17)18)20-19-12-7-6-11(8-14(12)21(22)23)24-10-4-2-1-3-5-10/h1-8,19H,(H3,17,18)/b20-13+. The van der Waals surface area contributed by atoms with Crippen LogP contribution in [0.2, 0.25) is 0 Å². The summed E-state index contributed by atoms with van der Waals surface area (Å²) in [5, 5.41) is 30.7. The maximum atomic E-state index is 11.2. The van der Waals surface area contributed by atoms with E-state index in [4.69, 9.17) is 21.1 Å². The molecule has 0 heterocycles. The number of ether oxygens (including phenoxy) is 1. The maximum Gasteiger partial charge on any atom is 0.297 e. The number of hydrogen-bond donors (Lipinski definition) is 3. The summed E-state index contributed by atoms with van der Waals surface area (Å²) < 4.78 is 5.53. The number of rotatable bonds is 6. The molecule has 0 fully saturated rings. The summed E-state index contributed by atoms with van der Waals surface area (Å²) in [5.74, 6) is 0.264. The van der Waals surface area contributed by atoms with Crippen LogP contribution in [0.5, 0.6) is 11.5 Å². The second-order valence-corrected chi connectivity index (χ2v) is 4.45. The van der Waals surface area contributed by atoms with E-state index < -0.39 is 10.8 Å². The van der Waals surface area contributed by atoms with Crippen LogP contribution in [0.25, 0.3) is 0 Å². The predicted octanol–water partition coefficient (Wildman–Crippen LogP) is 2.61. The van der Waals surface area contributed by atoms with E-state index in [-0.39, 0.29) is 22.8 Å². The van der Waals surface area contributed by atoms with Crippen molar-refractivity contribution in [2.75, 3.05) is 5.43 Å². The fourth-order valence-corrected chi connectivity index (χ4v) is 1.71. The molecule has 0 spiro atoms. The monoisotopic (exact) mass is 324 g/mol. The molecule has 0 unspecified atom stereocenters. The fourth-order valence-electron chi connectivity index (χ4n) is 1.71. The van der Waals surface area contributed by atoms with E-state index >= 15 is 0 Å². The molecule has 4 N–H and O–H groups in total. The molecule has 0 saturated carbocycles. The minimum Gasteiger partial charge on any atom is -0.457 e. The molecule has 2 aromatic rings. The number of amidine groups is 1. The lowest BCUT2D eigenvalue weighted by Gasteiger charge is -2.07. The van der Waals surface area contributed by atoms with Crippen molar-refractivity contribution in [3.8, 4) is 17.6 Å². The van der Waals surface area contributed by atoms with Crippen molar-refractivity contribution >= 4 is 22.9 Å².